The predicted octanol–water partition coefficient (Wildman–Crippen LogP) is 3.80. The summed E-state index contributed by atoms with van der Waals surface area (Å²) in [6, 6.07) is 1.94. The molecule has 2 aliphatic heterocycles. The van der Waals surface area contributed by atoms with Gasteiger partial charge >= 0.3 is 6.18 Å². The number of likely N-dealkylation sites (tertiary alicyclic amines) is 1. The van der Waals surface area contributed by atoms with Crippen molar-refractivity contribution in [3.8, 4) is 0 Å². The molecule has 0 aromatic carbocycles. The summed E-state index contributed by atoms with van der Waals surface area (Å²) >= 11 is 1.11. The number of aryl methyl sites for hydroxylation is 1. The molecule has 0 saturated carbocycles. The second kappa shape index (κ2) is 6.91. The van der Waals surface area contributed by atoms with E-state index < -0.39 is 12.6 Å². The van der Waals surface area contributed by atoms with Gasteiger partial charge in [0.25, 0.3) is 0 Å². The second-order valence-electron chi connectivity index (χ2n) is 8.62. The van der Waals surface area contributed by atoms with E-state index in [2.05, 4.69) is 38.0 Å². The van der Waals surface area contributed by atoms with Gasteiger partial charge in [-0.3, -0.25) is 9.58 Å². The molecule has 6 nitrogen and oxygen atoms in total. The van der Waals surface area contributed by atoms with E-state index in [1.165, 1.54) is 11.9 Å². The Morgan fingerprint density at radius 2 is 2.03 bits per heavy atom. The molecule has 0 aliphatic carbocycles. The van der Waals surface area contributed by atoms with E-state index in [1.807, 2.05) is 17.9 Å². The van der Waals surface area contributed by atoms with E-state index in [1.54, 1.807) is 6.07 Å². The van der Waals surface area contributed by atoms with Gasteiger partial charge in [0.1, 0.15) is 17.0 Å². The molecule has 10 heteroatoms. The van der Waals surface area contributed by atoms with Crippen LogP contribution in [0.2, 0.25) is 0 Å². The third kappa shape index (κ3) is 3.56. The lowest BCUT2D eigenvalue weighted by molar-refractivity contribution is -0.126. The number of rotatable bonds is 4. The molecule has 2 saturated heterocycles. The summed E-state index contributed by atoms with van der Waals surface area (Å²) in [5.41, 5.74) is 1.44. The minimum Gasteiger partial charge on any atom is -0.355 e. The molecule has 1 atom stereocenters. The first-order valence-corrected chi connectivity index (χ1v) is 10.8. The minimum absolute atomic E-state index is 0.221. The average molecular weight is 437 g/mol. The molecule has 5 rings (SSSR count). The van der Waals surface area contributed by atoms with Crippen molar-refractivity contribution >= 4 is 27.4 Å². The molecule has 30 heavy (non-hydrogen) atoms. The lowest BCUT2D eigenvalue weighted by Crippen LogP contribution is -2.58. The van der Waals surface area contributed by atoms with Crippen LogP contribution in [-0.4, -0.2) is 57.0 Å². The van der Waals surface area contributed by atoms with Crippen molar-refractivity contribution in [1.29, 1.82) is 0 Å². The van der Waals surface area contributed by atoms with Crippen molar-refractivity contribution in [1.82, 2.24) is 24.6 Å². The average Bonchev–Trinajstić information content (AvgIpc) is 3.35. The fourth-order valence-corrected chi connectivity index (χ4v) is 5.78. The highest BCUT2D eigenvalue weighted by Crippen LogP contribution is 2.45. The number of hydrogen-bond acceptors (Lipinski definition) is 6. The molecule has 0 bridgehead atoms. The lowest BCUT2D eigenvalue weighted by Gasteiger charge is -2.50. The van der Waals surface area contributed by atoms with Crippen molar-refractivity contribution in [3.63, 3.8) is 0 Å². The monoisotopic (exact) mass is 436 g/mol. The quantitative estimate of drug-likeness (QED) is 0.623. The highest BCUT2D eigenvalue weighted by molar-refractivity contribution is 7.18. The number of thiophene rings is 1. The normalized spacial score (nSPS) is 20.2. The number of hydrogen-bond donors (Lipinski definition) is 0. The Hall–Kier alpha value is -2.20. The first-order chi connectivity index (χ1) is 14.2. The van der Waals surface area contributed by atoms with Crippen molar-refractivity contribution in [2.24, 2.45) is 12.5 Å². The summed E-state index contributed by atoms with van der Waals surface area (Å²) in [5.74, 6) is 0.764. The molecular weight excluding hydrogens is 413 g/mol. The maximum atomic E-state index is 12.8. The molecular formula is C20H23F3N6S. The highest BCUT2D eigenvalue weighted by Gasteiger charge is 2.49. The summed E-state index contributed by atoms with van der Waals surface area (Å²) in [6.07, 6.45) is 1.38. The summed E-state index contributed by atoms with van der Waals surface area (Å²) in [6.45, 7) is 5.97. The van der Waals surface area contributed by atoms with Gasteiger partial charge in [-0.1, -0.05) is 0 Å². The van der Waals surface area contributed by atoms with Gasteiger partial charge < -0.3 is 4.90 Å². The van der Waals surface area contributed by atoms with E-state index in [4.69, 9.17) is 0 Å². The number of aromatic nitrogens is 4. The smallest absolute Gasteiger partial charge is 0.355 e. The fourth-order valence-electron chi connectivity index (χ4n) is 4.76. The fraction of sp³-hybridized carbons (Fsp3) is 0.550. The number of halogens is 3. The van der Waals surface area contributed by atoms with Crippen LogP contribution >= 0.6 is 11.3 Å². The molecule has 0 unspecified atom stereocenters. The Bertz CT molecular complexity index is 1070. The maximum absolute atomic E-state index is 12.8. The molecule has 0 radical (unpaired) electrons. The minimum atomic E-state index is -4.22. The SMILES string of the molecule is C[C@H](c1cnn(C)c1)N1CC2(CCN(c3ncnc4sc(CC(F)(F)F)cc34)C2)C1. The molecule has 160 valence electrons. The zero-order valence-electron chi connectivity index (χ0n) is 16.9. The van der Waals surface area contributed by atoms with Crippen LogP contribution in [0.4, 0.5) is 19.0 Å². The predicted molar refractivity (Wildman–Crippen MR) is 110 cm³/mol. The molecule has 1 spiro atoms. The topological polar surface area (TPSA) is 50.1 Å². The van der Waals surface area contributed by atoms with Crippen LogP contribution in [0.3, 0.4) is 0 Å². The van der Waals surface area contributed by atoms with Gasteiger partial charge in [0, 0.05) is 61.3 Å². The van der Waals surface area contributed by atoms with E-state index in [0.29, 0.717) is 10.9 Å². The molecule has 5 heterocycles. The van der Waals surface area contributed by atoms with Gasteiger partial charge in [-0.15, -0.1) is 11.3 Å². The zero-order chi connectivity index (χ0) is 21.1. The first kappa shape index (κ1) is 19.7. The van der Waals surface area contributed by atoms with Crippen LogP contribution in [0.1, 0.15) is 29.8 Å². The molecule has 3 aromatic heterocycles. The zero-order valence-corrected chi connectivity index (χ0v) is 17.7. The van der Waals surface area contributed by atoms with E-state index >= 15 is 0 Å². The van der Waals surface area contributed by atoms with Crippen molar-refractivity contribution < 1.29 is 13.2 Å². The standard InChI is InChI=1S/C20H23F3N6S/c1-13(14-7-26-27(2)8-14)29-10-19(11-29)3-4-28(9-19)17-16-5-15(6-20(21,22)23)30-18(16)25-12-24-17/h5,7-8,12-13H,3-4,6,9-11H2,1-2H3/t13-/m1/s1. The van der Waals surface area contributed by atoms with Gasteiger partial charge in [-0.25, -0.2) is 9.97 Å². The van der Waals surface area contributed by atoms with Crippen LogP contribution in [0.15, 0.2) is 24.8 Å². The molecule has 3 aromatic rings. The highest BCUT2D eigenvalue weighted by atomic mass is 32.1. The van der Waals surface area contributed by atoms with Crippen molar-refractivity contribution in [2.45, 2.75) is 32.0 Å². The third-order valence-corrected chi connectivity index (χ3v) is 7.35. The van der Waals surface area contributed by atoms with Gasteiger partial charge in [0.05, 0.1) is 18.0 Å². The summed E-state index contributed by atoms with van der Waals surface area (Å²) in [7, 11) is 1.93. The Morgan fingerprint density at radius 3 is 2.73 bits per heavy atom. The lowest BCUT2D eigenvalue weighted by atomic mass is 9.78. The van der Waals surface area contributed by atoms with Crippen LogP contribution in [0.5, 0.6) is 0 Å². The van der Waals surface area contributed by atoms with E-state index in [9.17, 15) is 13.2 Å². The van der Waals surface area contributed by atoms with Gasteiger partial charge in [-0.05, 0) is 19.4 Å². The van der Waals surface area contributed by atoms with Crippen LogP contribution in [0.25, 0.3) is 10.2 Å². The second-order valence-corrected chi connectivity index (χ2v) is 9.74. The van der Waals surface area contributed by atoms with E-state index in [-0.39, 0.29) is 10.3 Å². The Labute approximate surface area is 176 Å². The van der Waals surface area contributed by atoms with Gasteiger partial charge in [0.2, 0.25) is 0 Å². The Morgan fingerprint density at radius 1 is 1.23 bits per heavy atom. The number of nitrogens with zero attached hydrogens (tertiary/aromatic N) is 6. The maximum Gasteiger partial charge on any atom is 0.393 e. The first-order valence-electron chi connectivity index (χ1n) is 9.99. The molecule has 2 aliphatic rings. The van der Waals surface area contributed by atoms with Crippen LogP contribution in [0, 0.1) is 5.41 Å². The third-order valence-electron chi connectivity index (χ3n) is 6.30. The van der Waals surface area contributed by atoms with E-state index in [0.717, 1.165) is 55.1 Å². The summed E-state index contributed by atoms with van der Waals surface area (Å²) < 4.78 is 40.2. The molecule has 0 N–H and O–H groups in total. The van der Waals surface area contributed by atoms with Crippen molar-refractivity contribution in [3.05, 3.63) is 35.2 Å². The van der Waals surface area contributed by atoms with Crippen molar-refractivity contribution in [2.75, 3.05) is 31.1 Å². The largest absolute Gasteiger partial charge is 0.393 e. The molecule has 2 fully saturated rings. The Balaban J connectivity index is 1.30. The number of fused-ring (bicyclic) bond motifs is 1. The number of alkyl halides is 3. The van der Waals surface area contributed by atoms with Gasteiger partial charge in [0.15, 0.2) is 0 Å². The summed E-state index contributed by atoms with van der Waals surface area (Å²) in [5, 5.41) is 5.01. The number of anilines is 1. The summed E-state index contributed by atoms with van der Waals surface area (Å²) in [4.78, 5) is 14.2. The van der Waals surface area contributed by atoms with Gasteiger partial charge in [-0.2, -0.15) is 18.3 Å². The van der Waals surface area contributed by atoms with Crippen LogP contribution < -0.4 is 4.90 Å². The molecule has 0 amide bonds. The Kier molecular flexibility index (Phi) is 4.55. The van der Waals surface area contributed by atoms with Crippen LogP contribution in [-0.2, 0) is 13.5 Å².